The van der Waals surface area contributed by atoms with E-state index in [0.29, 0.717) is 16.7 Å². The van der Waals surface area contributed by atoms with Crippen molar-refractivity contribution in [1.29, 1.82) is 0 Å². The second-order valence-electron chi connectivity index (χ2n) is 5.50. The zero-order chi connectivity index (χ0) is 17.7. The van der Waals surface area contributed by atoms with E-state index >= 15 is 0 Å². The van der Waals surface area contributed by atoms with Crippen LogP contribution in [0.25, 0.3) is 11.3 Å². The van der Waals surface area contributed by atoms with Gasteiger partial charge in [0.2, 0.25) is 0 Å². The van der Waals surface area contributed by atoms with Gasteiger partial charge in [-0.3, -0.25) is 0 Å². The zero-order valence-electron chi connectivity index (χ0n) is 13.3. The molecule has 8 heteroatoms. The first kappa shape index (κ1) is 19.0. The minimum Gasteiger partial charge on any atom is -0.488 e. The SMILES string of the molecule is CC(C)Cc1sc(Br)nc1-c1ccc(OCCOC(N)=O)c(Cl)c1. The molecule has 1 aromatic carbocycles. The van der Waals surface area contributed by atoms with Crippen LogP contribution in [0.4, 0.5) is 4.79 Å². The van der Waals surface area contributed by atoms with Crippen LogP contribution in [-0.2, 0) is 11.2 Å². The molecule has 1 aromatic heterocycles. The van der Waals surface area contributed by atoms with E-state index in [1.54, 1.807) is 17.4 Å². The van der Waals surface area contributed by atoms with Crippen molar-refractivity contribution in [3.8, 4) is 17.0 Å². The standard InChI is InChI=1S/C16H18BrClN2O3S/c1-9(2)7-13-14(20-15(17)24-13)10-3-4-12(11(18)8-10)22-5-6-23-16(19)21/h3-4,8-9H,5-7H2,1-2H3,(H2,19,21). The van der Waals surface area contributed by atoms with E-state index < -0.39 is 6.09 Å². The number of carbonyl (C=O) groups is 1. The number of nitrogens with two attached hydrogens (primary N) is 1. The summed E-state index contributed by atoms with van der Waals surface area (Å²) in [5.41, 5.74) is 6.76. The summed E-state index contributed by atoms with van der Waals surface area (Å²) in [6.45, 7) is 4.61. The van der Waals surface area contributed by atoms with Crippen molar-refractivity contribution in [2.45, 2.75) is 20.3 Å². The minimum atomic E-state index is -0.827. The van der Waals surface area contributed by atoms with Gasteiger partial charge >= 0.3 is 6.09 Å². The van der Waals surface area contributed by atoms with Crippen molar-refractivity contribution in [3.05, 3.63) is 32.0 Å². The number of aromatic nitrogens is 1. The molecule has 1 amide bonds. The van der Waals surface area contributed by atoms with Crippen LogP contribution in [-0.4, -0.2) is 24.3 Å². The molecule has 0 saturated heterocycles. The summed E-state index contributed by atoms with van der Waals surface area (Å²) in [4.78, 5) is 16.3. The highest BCUT2D eigenvalue weighted by Crippen LogP contribution is 2.36. The van der Waals surface area contributed by atoms with Gasteiger partial charge in [-0.15, -0.1) is 11.3 Å². The Balaban J connectivity index is 2.13. The third-order valence-electron chi connectivity index (χ3n) is 3.06. The lowest BCUT2D eigenvalue weighted by Crippen LogP contribution is -2.17. The van der Waals surface area contributed by atoms with Crippen molar-refractivity contribution in [1.82, 2.24) is 4.98 Å². The van der Waals surface area contributed by atoms with E-state index in [2.05, 4.69) is 39.5 Å². The van der Waals surface area contributed by atoms with Crippen LogP contribution in [0.1, 0.15) is 18.7 Å². The second-order valence-corrected chi connectivity index (χ2v) is 8.26. The second kappa shape index (κ2) is 8.69. The molecule has 0 aliphatic carbocycles. The van der Waals surface area contributed by atoms with Gasteiger partial charge in [0.1, 0.15) is 19.0 Å². The highest BCUT2D eigenvalue weighted by molar-refractivity contribution is 9.11. The summed E-state index contributed by atoms with van der Waals surface area (Å²) in [7, 11) is 0. The molecule has 0 saturated carbocycles. The van der Waals surface area contributed by atoms with E-state index in [0.717, 1.165) is 21.6 Å². The number of thiazole rings is 1. The van der Waals surface area contributed by atoms with Crippen molar-refractivity contribution >= 4 is 45.0 Å². The number of hydrogen-bond acceptors (Lipinski definition) is 5. The van der Waals surface area contributed by atoms with Gasteiger partial charge in [0, 0.05) is 10.4 Å². The molecule has 2 aromatic rings. The number of rotatable bonds is 7. The predicted molar refractivity (Wildman–Crippen MR) is 99.8 cm³/mol. The molecule has 2 rings (SSSR count). The Kier molecular flexibility index (Phi) is 6.89. The Hall–Kier alpha value is -1.31. The van der Waals surface area contributed by atoms with Crippen LogP contribution >= 0.6 is 38.9 Å². The Morgan fingerprint density at radius 3 is 2.79 bits per heavy atom. The molecule has 5 nitrogen and oxygen atoms in total. The van der Waals surface area contributed by atoms with Crippen molar-refractivity contribution in [2.24, 2.45) is 11.7 Å². The highest BCUT2D eigenvalue weighted by atomic mass is 79.9. The summed E-state index contributed by atoms with van der Waals surface area (Å²) >= 11 is 11.4. The molecular formula is C16H18BrClN2O3S. The molecule has 1 heterocycles. The Bertz CT molecular complexity index is 721. The fraction of sp³-hybridized carbons (Fsp3) is 0.375. The monoisotopic (exact) mass is 432 g/mol. The molecule has 0 aliphatic heterocycles. The maximum Gasteiger partial charge on any atom is 0.404 e. The van der Waals surface area contributed by atoms with Crippen molar-refractivity contribution in [2.75, 3.05) is 13.2 Å². The molecule has 0 unspecified atom stereocenters. The number of benzene rings is 1. The number of carbonyl (C=O) groups excluding carboxylic acids is 1. The largest absolute Gasteiger partial charge is 0.488 e. The normalized spacial score (nSPS) is 10.9. The smallest absolute Gasteiger partial charge is 0.404 e. The summed E-state index contributed by atoms with van der Waals surface area (Å²) in [5, 5.41) is 0.478. The summed E-state index contributed by atoms with van der Waals surface area (Å²) < 4.78 is 10.9. The molecule has 0 fully saturated rings. The van der Waals surface area contributed by atoms with E-state index in [4.69, 9.17) is 22.1 Å². The fourth-order valence-electron chi connectivity index (χ4n) is 2.12. The lowest BCUT2D eigenvalue weighted by Gasteiger charge is -2.10. The number of amides is 1. The molecule has 0 atom stereocenters. The third kappa shape index (κ3) is 5.36. The van der Waals surface area contributed by atoms with Crippen LogP contribution in [0, 0.1) is 5.92 Å². The van der Waals surface area contributed by atoms with Crippen molar-refractivity contribution < 1.29 is 14.3 Å². The number of ether oxygens (including phenoxy) is 2. The van der Waals surface area contributed by atoms with E-state index in [-0.39, 0.29) is 13.2 Å². The number of nitrogens with zero attached hydrogens (tertiary/aromatic N) is 1. The average molecular weight is 434 g/mol. The number of hydrogen-bond donors (Lipinski definition) is 1. The maximum atomic E-state index is 10.5. The Labute approximate surface area is 158 Å². The Morgan fingerprint density at radius 1 is 1.42 bits per heavy atom. The van der Waals surface area contributed by atoms with Crippen LogP contribution in [0.5, 0.6) is 5.75 Å². The van der Waals surface area contributed by atoms with Gasteiger partial charge in [0.25, 0.3) is 0 Å². The molecule has 0 spiro atoms. The Morgan fingerprint density at radius 2 is 2.17 bits per heavy atom. The molecule has 0 radical (unpaired) electrons. The molecule has 0 bridgehead atoms. The number of primary amides is 1. The van der Waals surface area contributed by atoms with E-state index in [1.807, 2.05) is 12.1 Å². The zero-order valence-corrected chi connectivity index (χ0v) is 16.5. The quantitative estimate of drug-likeness (QED) is 0.630. The van der Waals surface area contributed by atoms with Gasteiger partial charge in [-0.2, -0.15) is 0 Å². The van der Waals surface area contributed by atoms with Crippen LogP contribution in [0.15, 0.2) is 22.1 Å². The summed E-state index contributed by atoms with van der Waals surface area (Å²) in [6.07, 6.45) is 0.130. The van der Waals surface area contributed by atoms with Crippen LogP contribution in [0.2, 0.25) is 5.02 Å². The van der Waals surface area contributed by atoms with Crippen LogP contribution < -0.4 is 10.5 Å². The lowest BCUT2D eigenvalue weighted by atomic mass is 10.0. The van der Waals surface area contributed by atoms with Crippen molar-refractivity contribution in [3.63, 3.8) is 0 Å². The van der Waals surface area contributed by atoms with E-state index in [9.17, 15) is 4.79 Å². The van der Waals surface area contributed by atoms with Gasteiger partial charge in [-0.05, 0) is 46.5 Å². The summed E-state index contributed by atoms with van der Waals surface area (Å²) in [5.74, 6) is 1.06. The molecule has 2 N–H and O–H groups in total. The third-order valence-corrected chi connectivity index (χ3v) is 4.88. The topological polar surface area (TPSA) is 74.4 Å². The van der Waals surface area contributed by atoms with E-state index in [1.165, 1.54) is 4.88 Å². The van der Waals surface area contributed by atoms with Gasteiger partial charge in [0.15, 0.2) is 3.92 Å². The van der Waals surface area contributed by atoms with Gasteiger partial charge in [-0.25, -0.2) is 9.78 Å². The molecular weight excluding hydrogens is 416 g/mol. The average Bonchev–Trinajstić information content (AvgIpc) is 2.84. The summed E-state index contributed by atoms with van der Waals surface area (Å²) in [6, 6.07) is 5.53. The molecule has 24 heavy (non-hydrogen) atoms. The first-order valence-corrected chi connectivity index (χ1v) is 9.35. The highest BCUT2D eigenvalue weighted by Gasteiger charge is 2.15. The number of halogens is 2. The maximum absolute atomic E-state index is 10.5. The fourth-order valence-corrected chi connectivity index (χ4v) is 4.13. The van der Waals surface area contributed by atoms with Crippen LogP contribution in [0.3, 0.4) is 0 Å². The van der Waals surface area contributed by atoms with Gasteiger partial charge in [-0.1, -0.05) is 25.4 Å². The predicted octanol–water partition coefficient (Wildman–Crippen LogP) is 4.90. The van der Waals surface area contributed by atoms with Gasteiger partial charge < -0.3 is 15.2 Å². The first-order chi connectivity index (χ1) is 11.4. The lowest BCUT2D eigenvalue weighted by molar-refractivity contribution is 0.134. The molecule has 0 aliphatic rings. The molecule has 130 valence electrons. The van der Waals surface area contributed by atoms with Gasteiger partial charge in [0.05, 0.1) is 10.7 Å². The first-order valence-electron chi connectivity index (χ1n) is 7.37. The minimum absolute atomic E-state index is 0.0744.